The van der Waals surface area contributed by atoms with Gasteiger partial charge in [-0.05, 0) is 6.42 Å². The quantitative estimate of drug-likeness (QED) is 0.239. The van der Waals surface area contributed by atoms with Crippen molar-refractivity contribution in [1.29, 1.82) is 0 Å². The molecule has 0 N–H and O–H groups in total. The van der Waals surface area contributed by atoms with Gasteiger partial charge in [0.2, 0.25) is 0 Å². The molecule has 0 spiro atoms. The summed E-state index contributed by atoms with van der Waals surface area (Å²) in [4.78, 5) is 9.69. The van der Waals surface area contributed by atoms with Crippen LogP contribution >= 0.6 is 0 Å². The molecule has 0 bridgehead atoms. The topological polar surface area (TPSA) is 26.3 Å². The fraction of sp³-hybridized carbons (Fsp3) is 0.500. The second-order valence-electron chi connectivity index (χ2n) is 1.35. The van der Waals surface area contributed by atoms with Crippen LogP contribution in [0.3, 0.4) is 0 Å². The van der Waals surface area contributed by atoms with Crippen molar-refractivity contribution in [3.63, 3.8) is 0 Å². The summed E-state index contributed by atoms with van der Waals surface area (Å²) < 4.78 is 4.74. The van der Waals surface area contributed by atoms with Crippen molar-refractivity contribution in [3.8, 4) is 0 Å². The van der Waals surface area contributed by atoms with Gasteiger partial charge < -0.3 is 9.53 Å². The van der Waals surface area contributed by atoms with Gasteiger partial charge in [0.05, 0.1) is 12.9 Å². The Kier molecular flexibility index (Phi) is 14.7. The van der Waals surface area contributed by atoms with E-state index in [0.717, 1.165) is 12.7 Å². The number of ether oxygens (including phenoxy) is 1. The maximum absolute atomic E-state index is 9.69. The molecule has 0 amide bonds. The van der Waals surface area contributed by atoms with Crippen molar-refractivity contribution < 1.29 is 9.53 Å². The predicted octanol–water partition coefficient (Wildman–Crippen LogP) is 0.477. The van der Waals surface area contributed by atoms with Gasteiger partial charge in [-0.2, -0.15) is 0 Å². The molecule has 2 nitrogen and oxygen atoms in total. The molecule has 3 heteroatoms. The van der Waals surface area contributed by atoms with E-state index in [1.165, 1.54) is 6.26 Å². The third kappa shape index (κ3) is 11.7. The zero-order valence-corrected chi connectivity index (χ0v) is 4.80. The van der Waals surface area contributed by atoms with E-state index in [2.05, 4.69) is 6.58 Å². The van der Waals surface area contributed by atoms with E-state index in [1.54, 1.807) is 0 Å². The normalized spacial score (nSPS) is 7.11. The Labute approximate surface area is 77.6 Å². The fourth-order valence-corrected chi connectivity index (χ4v) is 0.333. The first kappa shape index (κ1) is 11.9. The second kappa shape index (κ2) is 11.1. The van der Waals surface area contributed by atoms with Gasteiger partial charge in [0.25, 0.3) is 0 Å². The summed E-state index contributed by atoms with van der Waals surface area (Å²) in [5, 5.41) is 0. The van der Waals surface area contributed by atoms with Crippen molar-refractivity contribution >= 4 is 35.8 Å². The van der Waals surface area contributed by atoms with Gasteiger partial charge in [-0.3, -0.25) is 0 Å². The third-order valence-electron chi connectivity index (χ3n) is 0.702. The maximum atomic E-state index is 9.69. The zero-order valence-electron chi connectivity index (χ0n) is 4.80. The molecule has 0 fully saturated rings. The Balaban J connectivity index is 0. The Morgan fingerprint density at radius 2 is 2.22 bits per heavy atom. The number of unbranched alkanes of at least 4 members (excludes halogenated alkanes) is 1. The number of hydrogen-bond donors (Lipinski definition) is 0. The monoisotopic (exact) mass is 138 g/mol. The summed E-state index contributed by atoms with van der Waals surface area (Å²) in [6.07, 6.45) is 3.63. The van der Waals surface area contributed by atoms with Crippen LogP contribution in [0.2, 0.25) is 0 Å². The molecule has 0 aromatic carbocycles. The van der Waals surface area contributed by atoms with E-state index < -0.39 is 0 Å². The van der Waals surface area contributed by atoms with Gasteiger partial charge in [-0.15, -0.1) is 0 Å². The van der Waals surface area contributed by atoms with E-state index in [9.17, 15) is 4.79 Å². The molecule has 9 heavy (non-hydrogen) atoms. The summed E-state index contributed by atoms with van der Waals surface area (Å²) in [6.45, 7) is 3.95. The summed E-state index contributed by atoms with van der Waals surface area (Å²) in [5.41, 5.74) is 0. The first-order chi connectivity index (χ1) is 3.91. The molecule has 0 atom stereocenters. The molecule has 0 aliphatic rings. The molecule has 48 valence electrons. The van der Waals surface area contributed by atoms with E-state index in [1.807, 2.05) is 0 Å². The molecular formula is C6H11NaO2. The second-order valence-corrected chi connectivity index (χ2v) is 1.35. The van der Waals surface area contributed by atoms with E-state index in [4.69, 9.17) is 4.74 Å². The number of carbonyl (C=O) groups excluding carboxylic acids is 1. The van der Waals surface area contributed by atoms with Gasteiger partial charge in [-0.1, -0.05) is 6.58 Å². The van der Waals surface area contributed by atoms with Crippen LogP contribution in [0.15, 0.2) is 12.8 Å². The van der Waals surface area contributed by atoms with Crippen molar-refractivity contribution in [2.75, 3.05) is 6.61 Å². The fourth-order valence-electron chi connectivity index (χ4n) is 0.333. The minimum atomic E-state index is 0. The average Bonchev–Trinajstić information content (AvgIpc) is 1.81. The molecule has 0 aromatic heterocycles. The zero-order chi connectivity index (χ0) is 6.24. The molecule has 0 aromatic rings. The average molecular weight is 138 g/mol. The van der Waals surface area contributed by atoms with Crippen LogP contribution < -0.4 is 0 Å². The van der Waals surface area contributed by atoms with E-state index in [0.29, 0.717) is 13.0 Å². The molecule has 0 saturated carbocycles. The Bertz CT molecular complexity index is 63.5. The van der Waals surface area contributed by atoms with Crippen molar-refractivity contribution in [1.82, 2.24) is 0 Å². The number of carbonyl (C=O) groups is 1. The summed E-state index contributed by atoms with van der Waals surface area (Å²) >= 11 is 0. The number of rotatable bonds is 5. The Morgan fingerprint density at radius 1 is 1.56 bits per heavy atom. The number of hydrogen-bond acceptors (Lipinski definition) is 2. The van der Waals surface area contributed by atoms with Crippen molar-refractivity contribution in [2.24, 2.45) is 0 Å². The summed E-state index contributed by atoms with van der Waals surface area (Å²) in [6, 6.07) is 0. The first-order valence-electron chi connectivity index (χ1n) is 2.58. The molecule has 0 unspecified atom stereocenters. The van der Waals surface area contributed by atoms with Gasteiger partial charge in [0, 0.05) is 6.42 Å². The molecule has 0 aliphatic heterocycles. The molecule has 0 aliphatic carbocycles. The first-order valence-corrected chi connectivity index (χ1v) is 2.58. The molecule has 0 heterocycles. The van der Waals surface area contributed by atoms with Crippen LogP contribution in [0, 0.1) is 0 Å². The molecule has 0 radical (unpaired) electrons. The Hall–Kier alpha value is 0.210. The third-order valence-corrected chi connectivity index (χ3v) is 0.702. The summed E-state index contributed by atoms with van der Waals surface area (Å²) in [5.74, 6) is 0. The van der Waals surface area contributed by atoms with Crippen LogP contribution in [-0.4, -0.2) is 42.5 Å². The molecular weight excluding hydrogens is 127 g/mol. The Morgan fingerprint density at radius 3 is 2.67 bits per heavy atom. The van der Waals surface area contributed by atoms with Crippen molar-refractivity contribution in [2.45, 2.75) is 12.8 Å². The van der Waals surface area contributed by atoms with Gasteiger partial charge in [0.15, 0.2) is 0 Å². The van der Waals surface area contributed by atoms with Crippen LogP contribution in [0.4, 0.5) is 0 Å². The standard InChI is InChI=1S/C6H10O2.Na.H/c1-2-8-6-4-3-5-7;;/h2,5H,1,3-4,6H2;;. The van der Waals surface area contributed by atoms with Crippen LogP contribution in [0.5, 0.6) is 0 Å². The molecule has 0 saturated heterocycles. The SMILES string of the molecule is C=COCCCC=O.[NaH]. The minimum absolute atomic E-state index is 0. The summed E-state index contributed by atoms with van der Waals surface area (Å²) in [7, 11) is 0. The van der Waals surface area contributed by atoms with E-state index in [-0.39, 0.29) is 29.6 Å². The number of aldehydes is 1. The van der Waals surface area contributed by atoms with Crippen LogP contribution in [-0.2, 0) is 9.53 Å². The van der Waals surface area contributed by atoms with Crippen LogP contribution in [0.1, 0.15) is 12.8 Å². The van der Waals surface area contributed by atoms with Gasteiger partial charge in [-0.25, -0.2) is 0 Å². The molecule has 0 rings (SSSR count). The van der Waals surface area contributed by atoms with Crippen molar-refractivity contribution in [3.05, 3.63) is 12.8 Å². The predicted molar refractivity (Wildman–Crippen MR) is 38.6 cm³/mol. The van der Waals surface area contributed by atoms with Crippen LogP contribution in [0.25, 0.3) is 0 Å². The van der Waals surface area contributed by atoms with Gasteiger partial charge in [0.1, 0.15) is 6.29 Å². The van der Waals surface area contributed by atoms with E-state index >= 15 is 0 Å². The van der Waals surface area contributed by atoms with Gasteiger partial charge >= 0.3 is 29.6 Å².